The number of sulfonamides is 1. The second kappa shape index (κ2) is 9.78. The zero-order valence-electron chi connectivity index (χ0n) is 18.1. The highest BCUT2D eigenvalue weighted by Crippen LogP contribution is 2.25. The minimum Gasteiger partial charge on any atom is -0.496 e. The van der Waals surface area contributed by atoms with Crippen LogP contribution in [0.25, 0.3) is 0 Å². The summed E-state index contributed by atoms with van der Waals surface area (Å²) in [5.74, 6) is 0.668. The normalized spacial score (nSPS) is 16.3. The van der Waals surface area contributed by atoms with E-state index in [-0.39, 0.29) is 17.5 Å². The monoisotopic (exact) mass is 433 g/mol. The van der Waals surface area contributed by atoms with Gasteiger partial charge in [-0.05, 0) is 48.4 Å². The first-order valence-electron chi connectivity index (χ1n) is 10.0. The number of morpholine rings is 1. The summed E-state index contributed by atoms with van der Waals surface area (Å²) in [7, 11) is 1.93. The molecule has 0 amide bonds. The van der Waals surface area contributed by atoms with E-state index in [1.165, 1.54) is 0 Å². The van der Waals surface area contributed by atoms with E-state index in [2.05, 4.69) is 33.9 Å². The largest absolute Gasteiger partial charge is 0.496 e. The molecule has 1 saturated heterocycles. The van der Waals surface area contributed by atoms with Crippen molar-refractivity contribution < 1.29 is 17.9 Å². The molecule has 0 aliphatic carbocycles. The van der Waals surface area contributed by atoms with E-state index in [9.17, 15) is 8.42 Å². The van der Waals surface area contributed by atoms with Crippen LogP contribution in [0.5, 0.6) is 5.75 Å². The van der Waals surface area contributed by atoms with Gasteiger partial charge in [0.2, 0.25) is 10.0 Å². The summed E-state index contributed by atoms with van der Waals surface area (Å²) < 4.78 is 39.4. The van der Waals surface area contributed by atoms with Gasteiger partial charge in [0, 0.05) is 45.5 Å². The van der Waals surface area contributed by atoms with Gasteiger partial charge in [-0.3, -0.25) is 4.90 Å². The highest BCUT2D eigenvalue weighted by molar-refractivity contribution is 7.89. The Bertz CT molecular complexity index is 939. The number of nitrogens with one attached hydrogen (secondary N) is 1. The van der Waals surface area contributed by atoms with Crippen molar-refractivity contribution in [2.45, 2.75) is 17.9 Å². The molecule has 1 heterocycles. The van der Waals surface area contributed by atoms with Crippen molar-refractivity contribution in [3.05, 3.63) is 53.6 Å². The molecule has 2 aromatic rings. The van der Waals surface area contributed by atoms with Crippen molar-refractivity contribution in [3.63, 3.8) is 0 Å². The lowest BCUT2D eigenvalue weighted by Gasteiger charge is -2.35. The molecule has 1 N–H and O–H groups in total. The van der Waals surface area contributed by atoms with Crippen LogP contribution in [-0.4, -0.2) is 67.4 Å². The van der Waals surface area contributed by atoms with Crippen molar-refractivity contribution in [2.75, 3.05) is 59.0 Å². The Labute approximate surface area is 179 Å². The maximum absolute atomic E-state index is 12.9. The number of methoxy groups -OCH3 is 1. The Balaban J connectivity index is 1.81. The standard InChI is InChI=1S/C22H31N3O4S/c1-17-15-20(9-10-22(17)28-4)30(26,27)23-16-21(25-11-13-29-14-12-25)18-5-7-19(8-6-18)24(2)3/h5-10,15,21,23H,11-14,16H2,1-4H3/t21-/m1/s1. The highest BCUT2D eigenvalue weighted by Gasteiger charge is 2.25. The number of benzene rings is 2. The predicted octanol–water partition coefficient (Wildman–Crippen LogP) is 2.42. The molecule has 3 rings (SSSR count). The fraction of sp³-hybridized carbons (Fsp3) is 0.455. The third-order valence-electron chi connectivity index (χ3n) is 5.42. The average Bonchev–Trinajstić information content (AvgIpc) is 2.75. The number of hydrogen-bond donors (Lipinski definition) is 1. The van der Waals surface area contributed by atoms with Crippen molar-refractivity contribution in [2.24, 2.45) is 0 Å². The molecule has 1 aliphatic heterocycles. The van der Waals surface area contributed by atoms with E-state index in [1.54, 1.807) is 25.3 Å². The molecule has 0 saturated carbocycles. The van der Waals surface area contributed by atoms with Crippen LogP contribution in [0.2, 0.25) is 0 Å². The summed E-state index contributed by atoms with van der Waals surface area (Å²) in [4.78, 5) is 4.56. The number of aryl methyl sites for hydroxylation is 1. The molecule has 164 valence electrons. The molecule has 0 radical (unpaired) electrons. The fourth-order valence-electron chi connectivity index (χ4n) is 3.63. The van der Waals surface area contributed by atoms with Gasteiger partial charge in [0.25, 0.3) is 0 Å². The van der Waals surface area contributed by atoms with E-state index in [0.29, 0.717) is 19.0 Å². The third kappa shape index (κ3) is 5.31. The van der Waals surface area contributed by atoms with Gasteiger partial charge < -0.3 is 14.4 Å². The molecule has 0 spiro atoms. The van der Waals surface area contributed by atoms with Gasteiger partial charge in [0.05, 0.1) is 25.2 Å². The number of ether oxygens (including phenoxy) is 2. The summed E-state index contributed by atoms with van der Waals surface area (Å²) in [5.41, 5.74) is 2.97. The van der Waals surface area contributed by atoms with Crippen molar-refractivity contribution in [1.29, 1.82) is 0 Å². The number of nitrogens with zero attached hydrogens (tertiary/aromatic N) is 2. The van der Waals surface area contributed by atoms with Gasteiger partial charge in [0.15, 0.2) is 0 Å². The van der Waals surface area contributed by atoms with Crippen LogP contribution in [0.15, 0.2) is 47.4 Å². The molecule has 30 heavy (non-hydrogen) atoms. The number of rotatable bonds is 8. The maximum Gasteiger partial charge on any atom is 0.240 e. The lowest BCUT2D eigenvalue weighted by atomic mass is 10.0. The van der Waals surface area contributed by atoms with Crippen LogP contribution in [0.1, 0.15) is 17.2 Å². The zero-order chi connectivity index (χ0) is 21.7. The second-order valence-corrected chi connectivity index (χ2v) is 9.40. The van der Waals surface area contributed by atoms with Crippen LogP contribution >= 0.6 is 0 Å². The van der Waals surface area contributed by atoms with Gasteiger partial charge in [-0.2, -0.15) is 0 Å². The van der Waals surface area contributed by atoms with E-state index in [1.807, 2.05) is 25.9 Å². The molecular weight excluding hydrogens is 402 g/mol. The fourth-order valence-corrected chi connectivity index (χ4v) is 4.75. The molecule has 7 nitrogen and oxygen atoms in total. The van der Waals surface area contributed by atoms with Crippen molar-refractivity contribution >= 4 is 15.7 Å². The summed E-state index contributed by atoms with van der Waals surface area (Å²) in [6.45, 7) is 4.95. The van der Waals surface area contributed by atoms with Crippen LogP contribution in [0.4, 0.5) is 5.69 Å². The second-order valence-electron chi connectivity index (χ2n) is 7.63. The van der Waals surface area contributed by atoms with Gasteiger partial charge >= 0.3 is 0 Å². The molecular formula is C22H31N3O4S. The lowest BCUT2D eigenvalue weighted by Crippen LogP contribution is -2.43. The van der Waals surface area contributed by atoms with Gasteiger partial charge in [-0.25, -0.2) is 13.1 Å². The Kier molecular flexibility index (Phi) is 7.36. The molecule has 1 atom stereocenters. The first kappa shape index (κ1) is 22.6. The quantitative estimate of drug-likeness (QED) is 0.690. The Morgan fingerprint density at radius 2 is 1.80 bits per heavy atom. The summed E-state index contributed by atoms with van der Waals surface area (Å²) >= 11 is 0. The van der Waals surface area contributed by atoms with Crippen LogP contribution < -0.4 is 14.4 Å². The van der Waals surface area contributed by atoms with E-state index < -0.39 is 10.0 Å². The summed E-state index contributed by atoms with van der Waals surface area (Å²) in [6, 6.07) is 13.1. The topological polar surface area (TPSA) is 71.1 Å². The molecule has 1 aliphatic rings. The van der Waals surface area contributed by atoms with Crippen molar-refractivity contribution in [1.82, 2.24) is 9.62 Å². The Morgan fingerprint density at radius 3 is 2.37 bits per heavy atom. The van der Waals surface area contributed by atoms with Crippen LogP contribution in [0, 0.1) is 6.92 Å². The highest BCUT2D eigenvalue weighted by atomic mass is 32.2. The molecule has 2 aromatic carbocycles. The number of hydrogen-bond acceptors (Lipinski definition) is 6. The van der Waals surface area contributed by atoms with E-state index in [4.69, 9.17) is 9.47 Å². The van der Waals surface area contributed by atoms with E-state index >= 15 is 0 Å². The SMILES string of the molecule is COc1ccc(S(=O)(=O)NC[C@H](c2ccc(N(C)C)cc2)N2CCOCC2)cc1C. The lowest BCUT2D eigenvalue weighted by molar-refractivity contribution is 0.0172. The summed E-state index contributed by atoms with van der Waals surface area (Å²) in [5, 5.41) is 0. The summed E-state index contributed by atoms with van der Waals surface area (Å²) in [6.07, 6.45) is 0. The van der Waals surface area contributed by atoms with Crippen LogP contribution in [-0.2, 0) is 14.8 Å². The van der Waals surface area contributed by atoms with E-state index in [0.717, 1.165) is 29.9 Å². The van der Waals surface area contributed by atoms with Gasteiger partial charge in [-0.15, -0.1) is 0 Å². The average molecular weight is 434 g/mol. The van der Waals surface area contributed by atoms with Gasteiger partial charge in [0.1, 0.15) is 5.75 Å². The van der Waals surface area contributed by atoms with Gasteiger partial charge in [-0.1, -0.05) is 12.1 Å². The van der Waals surface area contributed by atoms with Crippen LogP contribution in [0.3, 0.4) is 0 Å². The molecule has 1 fully saturated rings. The zero-order valence-corrected chi connectivity index (χ0v) is 18.9. The molecule has 8 heteroatoms. The Morgan fingerprint density at radius 1 is 1.13 bits per heavy atom. The predicted molar refractivity (Wildman–Crippen MR) is 119 cm³/mol. The minimum atomic E-state index is -3.64. The first-order chi connectivity index (χ1) is 14.3. The minimum absolute atomic E-state index is 0.0702. The Hall–Kier alpha value is -2.13. The maximum atomic E-state index is 12.9. The molecule has 0 aromatic heterocycles. The molecule has 0 unspecified atom stereocenters. The first-order valence-corrected chi connectivity index (χ1v) is 11.5. The molecule has 0 bridgehead atoms. The number of anilines is 1. The van der Waals surface area contributed by atoms with Crippen molar-refractivity contribution in [3.8, 4) is 5.75 Å². The smallest absolute Gasteiger partial charge is 0.240 e. The third-order valence-corrected chi connectivity index (χ3v) is 6.85.